The number of sulfone groups is 1. The monoisotopic (exact) mass is 615 g/mol. The molecule has 2 aromatic rings. The van der Waals surface area contributed by atoms with Crippen LogP contribution < -0.4 is 10.1 Å². The highest BCUT2D eigenvalue weighted by Crippen LogP contribution is 2.50. The van der Waals surface area contributed by atoms with E-state index in [2.05, 4.69) is 16.1 Å². The van der Waals surface area contributed by atoms with Crippen molar-refractivity contribution in [3.63, 3.8) is 0 Å². The fourth-order valence-electron chi connectivity index (χ4n) is 5.27. The van der Waals surface area contributed by atoms with Gasteiger partial charge < -0.3 is 10.1 Å². The number of halogens is 5. The van der Waals surface area contributed by atoms with E-state index in [0.717, 1.165) is 36.6 Å². The molecule has 2 atom stereocenters. The Labute approximate surface area is 240 Å². The molecule has 2 saturated carbocycles. The Hall–Kier alpha value is -2.52. The zero-order valence-corrected chi connectivity index (χ0v) is 23.5. The number of hydrogen-bond donors (Lipinski definition) is 1. The summed E-state index contributed by atoms with van der Waals surface area (Å²) in [6, 6.07) is 12.1. The number of ether oxygens (including phenoxy) is 1. The highest BCUT2D eigenvalue weighted by atomic mass is 35.5. The largest absolute Gasteiger partial charge is 0.484 e. The Morgan fingerprint density at radius 2 is 1.80 bits per heavy atom. The van der Waals surface area contributed by atoms with Crippen molar-refractivity contribution in [3.8, 4) is 11.8 Å². The van der Waals surface area contributed by atoms with E-state index < -0.39 is 45.4 Å². The molecule has 1 N–H and O–H groups in total. The third-order valence-electron chi connectivity index (χ3n) is 7.86. The Bertz CT molecular complexity index is 1450. The molecule has 3 fully saturated rings. The molecule has 0 bridgehead atoms. The number of nitrogens with zero attached hydrogens (tertiary/aromatic N) is 2. The minimum Gasteiger partial charge on any atom is -0.484 e. The molecule has 1 amide bonds. The van der Waals surface area contributed by atoms with Crippen LogP contribution >= 0.6 is 23.2 Å². The third kappa shape index (κ3) is 6.05. The molecule has 7 nitrogen and oxygen atoms in total. The quantitative estimate of drug-likeness (QED) is 0.423. The van der Waals surface area contributed by atoms with Gasteiger partial charge in [0.15, 0.2) is 16.4 Å². The van der Waals surface area contributed by atoms with E-state index in [-0.39, 0.29) is 34.0 Å². The predicted molar refractivity (Wildman–Crippen MR) is 142 cm³/mol. The molecule has 0 spiro atoms. The Balaban J connectivity index is 1.39. The maximum absolute atomic E-state index is 13.7. The second kappa shape index (κ2) is 10.4. The lowest BCUT2D eigenvalue weighted by Gasteiger charge is -2.29. The summed E-state index contributed by atoms with van der Waals surface area (Å²) < 4.78 is 69.7. The van der Waals surface area contributed by atoms with Crippen LogP contribution in [0.15, 0.2) is 47.4 Å². The average molecular weight is 616 g/mol. The first-order valence-corrected chi connectivity index (χ1v) is 15.0. The molecule has 1 heterocycles. The van der Waals surface area contributed by atoms with Crippen molar-refractivity contribution in [1.82, 2.24) is 10.2 Å². The van der Waals surface area contributed by atoms with E-state index in [1.54, 1.807) is 12.1 Å². The fraction of sp³-hybridized carbons (Fsp3) is 0.481. The summed E-state index contributed by atoms with van der Waals surface area (Å²) in [5, 5.41) is 11.6. The highest BCUT2D eigenvalue weighted by Gasteiger charge is 2.53. The zero-order valence-electron chi connectivity index (χ0n) is 21.2. The molecule has 5 rings (SSSR count). The van der Waals surface area contributed by atoms with E-state index in [4.69, 9.17) is 23.2 Å². The molecular formula is C27H26Cl2F3N3O4S. The van der Waals surface area contributed by atoms with Gasteiger partial charge in [0.25, 0.3) is 0 Å². The number of amides is 1. The number of carbonyl (C=O) groups is 1. The van der Waals surface area contributed by atoms with Crippen molar-refractivity contribution >= 4 is 38.9 Å². The maximum Gasteiger partial charge on any atom is 0.422 e. The van der Waals surface area contributed by atoms with Gasteiger partial charge in [-0.3, -0.25) is 9.69 Å². The van der Waals surface area contributed by atoms with Gasteiger partial charge in [-0.15, -0.1) is 0 Å². The average Bonchev–Trinajstić information content (AvgIpc) is 3.80. The number of carbonyl (C=O) groups excluding carboxylic acids is 1. The summed E-state index contributed by atoms with van der Waals surface area (Å²) in [5.74, 6) is -0.609. The summed E-state index contributed by atoms with van der Waals surface area (Å²) >= 11 is 12.3. The van der Waals surface area contributed by atoms with E-state index in [0.29, 0.717) is 24.4 Å². The van der Waals surface area contributed by atoms with Crippen molar-refractivity contribution in [1.29, 1.82) is 5.26 Å². The van der Waals surface area contributed by atoms with Gasteiger partial charge in [0.05, 0.1) is 27.3 Å². The van der Waals surface area contributed by atoms with Crippen LogP contribution in [0.5, 0.6) is 5.75 Å². The van der Waals surface area contributed by atoms with Gasteiger partial charge in [0.1, 0.15) is 11.3 Å². The second-order valence-electron chi connectivity index (χ2n) is 10.8. The van der Waals surface area contributed by atoms with Gasteiger partial charge in [0.2, 0.25) is 5.91 Å². The second-order valence-corrected chi connectivity index (χ2v) is 13.9. The molecule has 2 aromatic carbocycles. The maximum atomic E-state index is 13.7. The molecule has 0 unspecified atom stereocenters. The van der Waals surface area contributed by atoms with Crippen LogP contribution in [0.3, 0.4) is 0 Å². The van der Waals surface area contributed by atoms with Crippen LogP contribution in [0, 0.1) is 11.3 Å². The normalized spacial score (nSPS) is 23.3. The fourth-order valence-corrected chi connectivity index (χ4v) is 7.66. The Morgan fingerprint density at radius 3 is 2.35 bits per heavy atom. The van der Waals surface area contributed by atoms with Gasteiger partial charge in [-0.25, -0.2) is 8.42 Å². The van der Waals surface area contributed by atoms with Crippen LogP contribution in [0.2, 0.25) is 10.0 Å². The molecule has 1 saturated heterocycles. The third-order valence-corrected chi connectivity index (χ3v) is 10.7. The molecular weight excluding hydrogens is 590 g/mol. The molecule has 1 aliphatic heterocycles. The number of benzene rings is 2. The lowest BCUT2D eigenvalue weighted by Crippen LogP contribution is -2.49. The number of rotatable bonds is 9. The topological polar surface area (TPSA) is 99.5 Å². The summed E-state index contributed by atoms with van der Waals surface area (Å²) in [4.78, 5) is 15.0. The SMILES string of the molecule is N#CC1(NC(=O)[C@@H]2C[C@@H](S(=O)(=O)c3ccc(OCC(F)(F)F)cc3Cl)CN2CC2(c3ccc(Cl)cc3)CC2)CC1. The van der Waals surface area contributed by atoms with E-state index in [1.807, 2.05) is 17.0 Å². The van der Waals surface area contributed by atoms with Crippen LogP contribution in [0.25, 0.3) is 0 Å². The lowest BCUT2D eigenvalue weighted by atomic mass is 9.95. The molecule has 40 heavy (non-hydrogen) atoms. The van der Waals surface area contributed by atoms with Crippen molar-refractivity contribution in [2.24, 2.45) is 0 Å². The lowest BCUT2D eigenvalue weighted by molar-refractivity contribution is -0.153. The number of nitriles is 1. The number of nitrogens with one attached hydrogen (secondary N) is 1. The highest BCUT2D eigenvalue weighted by molar-refractivity contribution is 7.92. The number of likely N-dealkylation sites (tertiary alicyclic amines) is 1. The number of alkyl halides is 3. The van der Waals surface area contributed by atoms with Crippen LogP contribution in [-0.4, -0.2) is 61.9 Å². The van der Waals surface area contributed by atoms with E-state index in [1.165, 1.54) is 0 Å². The van der Waals surface area contributed by atoms with Crippen LogP contribution in [-0.2, 0) is 20.0 Å². The zero-order chi connectivity index (χ0) is 28.9. The van der Waals surface area contributed by atoms with E-state index >= 15 is 0 Å². The molecule has 2 aliphatic carbocycles. The van der Waals surface area contributed by atoms with Crippen molar-refractivity contribution in [2.75, 3.05) is 19.7 Å². The Morgan fingerprint density at radius 1 is 1.12 bits per heavy atom. The predicted octanol–water partition coefficient (Wildman–Crippen LogP) is 5.06. The van der Waals surface area contributed by atoms with Gasteiger partial charge in [-0.05, 0) is 61.9 Å². The summed E-state index contributed by atoms with van der Waals surface area (Å²) in [7, 11) is -4.08. The minimum atomic E-state index is -4.56. The summed E-state index contributed by atoms with van der Waals surface area (Å²) in [5.41, 5.74) is -0.109. The van der Waals surface area contributed by atoms with Gasteiger partial charge in [-0.1, -0.05) is 35.3 Å². The summed E-state index contributed by atoms with van der Waals surface area (Å²) in [6.45, 7) is -1.04. The first kappa shape index (κ1) is 29.0. The molecule has 3 aliphatic rings. The first-order valence-electron chi connectivity index (χ1n) is 12.7. The van der Waals surface area contributed by atoms with Gasteiger partial charge >= 0.3 is 6.18 Å². The van der Waals surface area contributed by atoms with Crippen molar-refractivity contribution in [3.05, 3.63) is 58.1 Å². The van der Waals surface area contributed by atoms with Gasteiger partial charge in [0, 0.05) is 29.6 Å². The van der Waals surface area contributed by atoms with E-state index in [9.17, 15) is 31.6 Å². The van der Waals surface area contributed by atoms with Crippen molar-refractivity contribution < 1.29 is 31.1 Å². The summed E-state index contributed by atoms with van der Waals surface area (Å²) in [6.07, 6.45) is -1.77. The Kier molecular flexibility index (Phi) is 7.53. The smallest absolute Gasteiger partial charge is 0.422 e. The number of hydrogen-bond acceptors (Lipinski definition) is 6. The molecule has 0 aromatic heterocycles. The van der Waals surface area contributed by atoms with Crippen molar-refractivity contribution in [2.45, 2.75) is 65.4 Å². The minimum absolute atomic E-state index is 0.0188. The van der Waals surface area contributed by atoms with Gasteiger partial charge in [-0.2, -0.15) is 18.4 Å². The molecule has 0 radical (unpaired) electrons. The molecule has 13 heteroatoms. The first-order chi connectivity index (χ1) is 18.8. The van der Waals surface area contributed by atoms with Crippen LogP contribution in [0.1, 0.15) is 37.7 Å². The molecule has 214 valence electrons. The standard InChI is InChI=1S/C27H26Cl2F3N3O4S/c28-18-3-1-17(2-4-18)25(7-8-25)15-35-13-20(12-22(35)24(36)34-26(14-33)9-10-26)40(37,38)23-6-5-19(11-21(23)29)39-16-27(30,31)32/h1-6,11,20,22H,7-10,12-13,15-16H2,(H,34,36)/t20-,22+/m1/s1. The van der Waals surface area contributed by atoms with Crippen LogP contribution in [0.4, 0.5) is 13.2 Å².